The summed E-state index contributed by atoms with van der Waals surface area (Å²) < 4.78 is 4.98. The third-order valence-electron chi connectivity index (χ3n) is 2.89. The van der Waals surface area contributed by atoms with Crippen LogP contribution in [0.15, 0.2) is 30.3 Å². The van der Waals surface area contributed by atoms with Crippen LogP contribution in [0.2, 0.25) is 0 Å². The minimum absolute atomic E-state index is 0.0589. The lowest BCUT2D eigenvalue weighted by Gasteiger charge is -2.16. The van der Waals surface area contributed by atoms with Crippen LogP contribution in [-0.2, 0) is 16.1 Å². The molecular formula is C15H22N2O5. The number of benzene rings is 1. The SMILES string of the molecule is O=C(N[C@@H](CO)C(=O)NCCCCO)OCc1ccccc1. The van der Waals surface area contributed by atoms with Crippen LogP contribution in [0.3, 0.4) is 0 Å². The number of ether oxygens (including phenoxy) is 1. The van der Waals surface area contributed by atoms with Gasteiger partial charge in [-0.3, -0.25) is 4.79 Å². The fourth-order valence-electron chi connectivity index (χ4n) is 1.67. The third kappa shape index (κ3) is 7.05. The number of aliphatic hydroxyl groups is 2. The normalized spacial score (nSPS) is 11.5. The van der Waals surface area contributed by atoms with Crippen molar-refractivity contribution in [1.29, 1.82) is 0 Å². The van der Waals surface area contributed by atoms with Crippen molar-refractivity contribution in [2.45, 2.75) is 25.5 Å². The number of hydrogen-bond donors (Lipinski definition) is 4. The van der Waals surface area contributed by atoms with Crippen molar-refractivity contribution < 1.29 is 24.5 Å². The summed E-state index contributed by atoms with van der Waals surface area (Å²) in [5.41, 5.74) is 0.826. The average molecular weight is 310 g/mol. The van der Waals surface area contributed by atoms with Gasteiger partial charge in [-0.25, -0.2) is 4.79 Å². The van der Waals surface area contributed by atoms with Crippen molar-refractivity contribution in [1.82, 2.24) is 10.6 Å². The van der Waals surface area contributed by atoms with Crippen LogP contribution in [0.1, 0.15) is 18.4 Å². The summed E-state index contributed by atoms with van der Waals surface area (Å²) in [4.78, 5) is 23.4. The van der Waals surface area contributed by atoms with E-state index in [1.807, 2.05) is 30.3 Å². The molecule has 1 atom stereocenters. The van der Waals surface area contributed by atoms with E-state index in [2.05, 4.69) is 10.6 Å². The minimum atomic E-state index is -1.06. The summed E-state index contributed by atoms with van der Waals surface area (Å²) in [6.07, 6.45) is 0.434. The Labute approximate surface area is 129 Å². The first-order valence-corrected chi connectivity index (χ1v) is 7.14. The zero-order valence-electron chi connectivity index (χ0n) is 12.3. The monoisotopic (exact) mass is 310 g/mol. The second-order valence-electron chi connectivity index (χ2n) is 4.66. The first-order chi connectivity index (χ1) is 10.7. The van der Waals surface area contributed by atoms with Gasteiger partial charge in [0.1, 0.15) is 12.6 Å². The van der Waals surface area contributed by atoms with Crippen molar-refractivity contribution in [2.75, 3.05) is 19.8 Å². The molecule has 0 aliphatic carbocycles. The fraction of sp³-hybridized carbons (Fsp3) is 0.467. The van der Waals surface area contributed by atoms with Gasteiger partial charge in [0.15, 0.2) is 0 Å². The maximum absolute atomic E-state index is 11.7. The zero-order chi connectivity index (χ0) is 16.2. The number of unbranched alkanes of at least 4 members (excludes halogenated alkanes) is 1. The van der Waals surface area contributed by atoms with E-state index in [4.69, 9.17) is 14.9 Å². The highest BCUT2D eigenvalue weighted by Crippen LogP contribution is 2.00. The summed E-state index contributed by atoms with van der Waals surface area (Å²) in [6.45, 7) is -0.00475. The Morgan fingerprint density at radius 3 is 2.50 bits per heavy atom. The second kappa shape index (κ2) is 10.6. The average Bonchev–Trinajstić information content (AvgIpc) is 2.55. The Bertz CT molecular complexity index is 453. The number of carbonyl (C=O) groups excluding carboxylic acids is 2. The van der Waals surface area contributed by atoms with E-state index in [0.29, 0.717) is 19.4 Å². The molecule has 0 bridgehead atoms. The number of carbonyl (C=O) groups is 2. The Balaban J connectivity index is 2.31. The lowest BCUT2D eigenvalue weighted by atomic mass is 10.2. The molecule has 122 valence electrons. The molecule has 0 heterocycles. The van der Waals surface area contributed by atoms with Gasteiger partial charge in [-0.1, -0.05) is 30.3 Å². The smallest absolute Gasteiger partial charge is 0.408 e. The molecule has 4 N–H and O–H groups in total. The van der Waals surface area contributed by atoms with E-state index in [1.54, 1.807) is 0 Å². The van der Waals surface area contributed by atoms with Crippen molar-refractivity contribution in [3.05, 3.63) is 35.9 Å². The molecule has 0 saturated heterocycles. The predicted molar refractivity (Wildman–Crippen MR) is 80.0 cm³/mol. The van der Waals surface area contributed by atoms with Crippen LogP contribution in [0.4, 0.5) is 4.79 Å². The molecule has 7 nitrogen and oxygen atoms in total. The van der Waals surface area contributed by atoms with E-state index in [9.17, 15) is 9.59 Å². The molecule has 0 unspecified atom stereocenters. The molecular weight excluding hydrogens is 288 g/mol. The van der Waals surface area contributed by atoms with Gasteiger partial charge in [0.2, 0.25) is 5.91 Å². The summed E-state index contributed by atoms with van der Waals surface area (Å²) in [5, 5.41) is 22.7. The molecule has 1 rings (SSSR count). The third-order valence-corrected chi connectivity index (χ3v) is 2.89. The Morgan fingerprint density at radius 1 is 1.14 bits per heavy atom. The summed E-state index contributed by atoms with van der Waals surface area (Å²) >= 11 is 0. The van der Waals surface area contributed by atoms with E-state index >= 15 is 0 Å². The number of alkyl carbamates (subject to hydrolysis) is 1. The number of hydrogen-bond acceptors (Lipinski definition) is 5. The van der Waals surface area contributed by atoms with Gasteiger partial charge >= 0.3 is 6.09 Å². The number of aliphatic hydroxyl groups excluding tert-OH is 2. The summed E-state index contributed by atoms with van der Waals surface area (Å²) in [6, 6.07) is 8.07. The highest BCUT2D eigenvalue weighted by atomic mass is 16.5. The molecule has 0 saturated carbocycles. The lowest BCUT2D eigenvalue weighted by Crippen LogP contribution is -2.49. The van der Waals surface area contributed by atoms with Crippen molar-refractivity contribution in [2.24, 2.45) is 0 Å². The highest BCUT2D eigenvalue weighted by molar-refractivity contribution is 5.85. The van der Waals surface area contributed by atoms with E-state index < -0.39 is 24.6 Å². The van der Waals surface area contributed by atoms with Crippen LogP contribution in [0.25, 0.3) is 0 Å². The molecule has 0 spiro atoms. The predicted octanol–water partition coefficient (Wildman–Crippen LogP) is 0.162. The van der Waals surface area contributed by atoms with Gasteiger partial charge in [0, 0.05) is 13.2 Å². The minimum Gasteiger partial charge on any atom is -0.445 e. The summed E-state index contributed by atoms with van der Waals surface area (Å²) in [5.74, 6) is -0.489. The van der Waals surface area contributed by atoms with Crippen LogP contribution in [0, 0.1) is 0 Å². The molecule has 0 aromatic heterocycles. The van der Waals surface area contributed by atoms with Crippen LogP contribution in [0.5, 0.6) is 0 Å². The molecule has 22 heavy (non-hydrogen) atoms. The molecule has 0 aliphatic heterocycles. The van der Waals surface area contributed by atoms with Crippen LogP contribution in [-0.4, -0.2) is 48.0 Å². The molecule has 0 radical (unpaired) electrons. The van der Waals surface area contributed by atoms with E-state index in [1.165, 1.54) is 0 Å². The van der Waals surface area contributed by atoms with Crippen LogP contribution >= 0.6 is 0 Å². The number of amides is 2. The van der Waals surface area contributed by atoms with Gasteiger partial charge < -0.3 is 25.6 Å². The van der Waals surface area contributed by atoms with Crippen molar-refractivity contribution in [3.63, 3.8) is 0 Å². The Kier molecular flexibility index (Phi) is 8.63. The Hall–Kier alpha value is -2.12. The van der Waals surface area contributed by atoms with Gasteiger partial charge in [-0.2, -0.15) is 0 Å². The maximum Gasteiger partial charge on any atom is 0.408 e. The topological polar surface area (TPSA) is 108 Å². The van der Waals surface area contributed by atoms with E-state index in [-0.39, 0.29) is 13.2 Å². The number of nitrogens with one attached hydrogen (secondary N) is 2. The second-order valence-corrected chi connectivity index (χ2v) is 4.66. The first-order valence-electron chi connectivity index (χ1n) is 7.14. The quantitative estimate of drug-likeness (QED) is 0.486. The van der Waals surface area contributed by atoms with Crippen molar-refractivity contribution in [3.8, 4) is 0 Å². The molecule has 7 heteroatoms. The van der Waals surface area contributed by atoms with Gasteiger partial charge in [0.05, 0.1) is 6.61 Å². The maximum atomic E-state index is 11.7. The van der Waals surface area contributed by atoms with Gasteiger partial charge in [-0.05, 0) is 18.4 Å². The van der Waals surface area contributed by atoms with Crippen molar-refractivity contribution >= 4 is 12.0 Å². The molecule has 0 aliphatic rings. The largest absolute Gasteiger partial charge is 0.445 e. The molecule has 1 aromatic rings. The zero-order valence-corrected chi connectivity index (χ0v) is 12.3. The molecule has 2 amide bonds. The fourth-order valence-corrected chi connectivity index (χ4v) is 1.67. The first kappa shape index (κ1) is 17.9. The van der Waals surface area contributed by atoms with Crippen LogP contribution < -0.4 is 10.6 Å². The molecule has 1 aromatic carbocycles. The molecule has 0 fully saturated rings. The van der Waals surface area contributed by atoms with E-state index in [0.717, 1.165) is 5.56 Å². The highest BCUT2D eigenvalue weighted by Gasteiger charge is 2.20. The summed E-state index contributed by atoms with van der Waals surface area (Å²) in [7, 11) is 0. The Morgan fingerprint density at radius 2 is 1.86 bits per heavy atom. The lowest BCUT2D eigenvalue weighted by molar-refractivity contribution is -0.124. The van der Waals surface area contributed by atoms with Gasteiger partial charge in [0.25, 0.3) is 0 Å². The standard InChI is InChI=1S/C15H22N2O5/c18-9-5-4-8-16-14(20)13(10-19)17-15(21)22-11-12-6-2-1-3-7-12/h1-3,6-7,13,18-19H,4-5,8-11H2,(H,16,20)(H,17,21)/t13-/m0/s1. The van der Waals surface area contributed by atoms with Gasteiger partial charge in [-0.15, -0.1) is 0 Å². The number of rotatable bonds is 9.